The number of rotatable bonds is 3. The van der Waals surface area contributed by atoms with Crippen LogP contribution in [0.5, 0.6) is 0 Å². The number of aliphatic hydroxyl groups excluding tert-OH is 1. The maximum absolute atomic E-state index is 10.1. The molecule has 0 radical (unpaired) electrons. The molecule has 3 N–H and O–H groups in total. The molecular weight excluding hydrogens is 174 g/mol. The number of nitrogens with two attached hydrogens (primary N) is 1. The third kappa shape index (κ3) is 2.34. The molecule has 0 aliphatic rings. The predicted molar refractivity (Wildman–Crippen MR) is 59.0 cm³/mol. The zero-order valence-corrected chi connectivity index (χ0v) is 9.12. The molecule has 0 amide bonds. The topological polar surface area (TPSA) is 46.2 Å². The van der Waals surface area contributed by atoms with Gasteiger partial charge in [0.25, 0.3) is 0 Å². The molecular formula is C12H19NO. The van der Waals surface area contributed by atoms with Gasteiger partial charge < -0.3 is 10.8 Å². The Morgan fingerprint density at radius 2 is 1.79 bits per heavy atom. The summed E-state index contributed by atoms with van der Waals surface area (Å²) in [6.07, 6.45) is -0.493. The standard InChI is InChI=1S/C12H19NO/c1-9-4-6-10(7-5-9)11(14)12(2,3)8-13/h4-7,11,14H,8,13H2,1-3H3. The fourth-order valence-electron chi connectivity index (χ4n) is 1.31. The lowest BCUT2D eigenvalue weighted by molar-refractivity contribution is 0.0555. The number of hydrogen-bond acceptors (Lipinski definition) is 2. The van der Waals surface area contributed by atoms with Crippen molar-refractivity contribution in [3.8, 4) is 0 Å². The zero-order valence-electron chi connectivity index (χ0n) is 9.12. The van der Waals surface area contributed by atoms with Crippen LogP contribution >= 0.6 is 0 Å². The van der Waals surface area contributed by atoms with Gasteiger partial charge in [-0.05, 0) is 12.5 Å². The van der Waals surface area contributed by atoms with Gasteiger partial charge in [-0.2, -0.15) is 0 Å². The van der Waals surface area contributed by atoms with E-state index in [1.165, 1.54) is 5.56 Å². The molecule has 0 saturated carbocycles. The van der Waals surface area contributed by atoms with Crippen molar-refractivity contribution in [3.05, 3.63) is 35.4 Å². The normalized spacial score (nSPS) is 14.1. The van der Waals surface area contributed by atoms with Crippen LogP contribution in [0.25, 0.3) is 0 Å². The minimum atomic E-state index is -0.493. The van der Waals surface area contributed by atoms with E-state index in [0.717, 1.165) is 5.56 Å². The zero-order chi connectivity index (χ0) is 10.8. The van der Waals surface area contributed by atoms with Gasteiger partial charge in [-0.15, -0.1) is 0 Å². The average Bonchev–Trinajstić information content (AvgIpc) is 2.18. The van der Waals surface area contributed by atoms with Crippen LogP contribution in [-0.4, -0.2) is 11.7 Å². The van der Waals surface area contributed by atoms with E-state index in [-0.39, 0.29) is 5.41 Å². The highest BCUT2D eigenvalue weighted by atomic mass is 16.3. The Hall–Kier alpha value is -0.860. The molecule has 0 fully saturated rings. The van der Waals surface area contributed by atoms with Crippen LogP contribution in [-0.2, 0) is 0 Å². The van der Waals surface area contributed by atoms with Crippen LogP contribution in [0.2, 0.25) is 0 Å². The summed E-state index contributed by atoms with van der Waals surface area (Å²) in [4.78, 5) is 0. The lowest BCUT2D eigenvalue weighted by atomic mass is 9.83. The number of benzene rings is 1. The maximum atomic E-state index is 10.1. The Kier molecular flexibility index (Phi) is 3.29. The molecule has 1 aromatic rings. The van der Waals surface area contributed by atoms with E-state index < -0.39 is 6.10 Å². The fraction of sp³-hybridized carbons (Fsp3) is 0.500. The Morgan fingerprint density at radius 1 is 1.29 bits per heavy atom. The molecule has 0 spiro atoms. The van der Waals surface area contributed by atoms with Crippen molar-refractivity contribution in [2.75, 3.05) is 6.54 Å². The van der Waals surface area contributed by atoms with Crippen LogP contribution in [0.3, 0.4) is 0 Å². The molecule has 1 unspecified atom stereocenters. The van der Waals surface area contributed by atoms with Crippen LogP contribution in [0.15, 0.2) is 24.3 Å². The molecule has 1 atom stereocenters. The van der Waals surface area contributed by atoms with Crippen LogP contribution in [0, 0.1) is 12.3 Å². The quantitative estimate of drug-likeness (QED) is 0.771. The van der Waals surface area contributed by atoms with E-state index >= 15 is 0 Å². The summed E-state index contributed by atoms with van der Waals surface area (Å²) in [6.45, 7) is 6.45. The van der Waals surface area contributed by atoms with Gasteiger partial charge in [-0.1, -0.05) is 43.7 Å². The smallest absolute Gasteiger partial charge is 0.0852 e. The number of hydrogen-bond donors (Lipinski definition) is 2. The SMILES string of the molecule is Cc1ccc(C(O)C(C)(C)CN)cc1. The van der Waals surface area contributed by atoms with Crippen molar-refractivity contribution < 1.29 is 5.11 Å². The molecule has 0 aromatic heterocycles. The second-order valence-electron chi connectivity index (χ2n) is 4.51. The van der Waals surface area contributed by atoms with Crippen molar-refractivity contribution in [1.29, 1.82) is 0 Å². The van der Waals surface area contributed by atoms with Crippen LogP contribution in [0.4, 0.5) is 0 Å². The third-order valence-corrected chi connectivity index (χ3v) is 2.66. The molecule has 0 aliphatic carbocycles. The van der Waals surface area contributed by atoms with Gasteiger partial charge in [0.1, 0.15) is 0 Å². The highest BCUT2D eigenvalue weighted by Gasteiger charge is 2.27. The first-order valence-corrected chi connectivity index (χ1v) is 4.92. The number of aliphatic hydroxyl groups is 1. The maximum Gasteiger partial charge on any atom is 0.0852 e. The van der Waals surface area contributed by atoms with Crippen molar-refractivity contribution in [1.82, 2.24) is 0 Å². The summed E-state index contributed by atoms with van der Waals surface area (Å²) in [6, 6.07) is 7.92. The van der Waals surface area contributed by atoms with Crippen molar-refractivity contribution in [2.45, 2.75) is 26.9 Å². The first-order chi connectivity index (χ1) is 6.47. The van der Waals surface area contributed by atoms with Gasteiger partial charge in [0.15, 0.2) is 0 Å². The second-order valence-corrected chi connectivity index (χ2v) is 4.51. The molecule has 14 heavy (non-hydrogen) atoms. The van der Waals surface area contributed by atoms with Gasteiger partial charge in [0.2, 0.25) is 0 Å². The van der Waals surface area contributed by atoms with Crippen molar-refractivity contribution in [2.24, 2.45) is 11.1 Å². The summed E-state index contributed by atoms with van der Waals surface area (Å²) in [5.74, 6) is 0. The monoisotopic (exact) mass is 193 g/mol. The Labute approximate surface area is 85.8 Å². The van der Waals surface area contributed by atoms with E-state index in [2.05, 4.69) is 0 Å². The summed E-state index contributed by atoms with van der Waals surface area (Å²) in [5, 5.41) is 10.1. The largest absolute Gasteiger partial charge is 0.388 e. The third-order valence-electron chi connectivity index (χ3n) is 2.66. The van der Waals surface area contributed by atoms with Crippen molar-refractivity contribution >= 4 is 0 Å². The summed E-state index contributed by atoms with van der Waals surface area (Å²) in [7, 11) is 0. The molecule has 0 aliphatic heterocycles. The first-order valence-electron chi connectivity index (χ1n) is 4.92. The summed E-state index contributed by atoms with van der Waals surface area (Å²) in [5.41, 5.74) is 7.48. The van der Waals surface area contributed by atoms with Crippen molar-refractivity contribution in [3.63, 3.8) is 0 Å². The van der Waals surface area contributed by atoms with E-state index in [1.54, 1.807) is 0 Å². The summed E-state index contributed by atoms with van der Waals surface area (Å²) >= 11 is 0. The van der Waals surface area contributed by atoms with Gasteiger partial charge in [0.05, 0.1) is 6.10 Å². The van der Waals surface area contributed by atoms with Gasteiger partial charge in [0, 0.05) is 12.0 Å². The highest BCUT2D eigenvalue weighted by molar-refractivity contribution is 5.24. The molecule has 0 bridgehead atoms. The number of aryl methyl sites for hydroxylation is 1. The summed E-state index contributed by atoms with van der Waals surface area (Å²) < 4.78 is 0. The molecule has 0 saturated heterocycles. The molecule has 1 rings (SSSR count). The molecule has 2 nitrogen and oxygen atoms in total. The second kappa shape index (κ2) is 4.11. The van der Waals surface area contributed by atoms with Gasteiger partial charge in [-0.3, -0.25) is 0 Å². The van der Waals surface area contributed by atoms with E-state index in [4.69, 9.17) is 5.73 Å². The molecule has 0 heterocycles. The van der Waals surface area contributed by atoms with Gasteiger partial charge in [-0.25, -0.2) is 0 Å². The van der Waals surface area contributed by atoms with Crippen LogP contribution in [0.1, 0.15) is 31.1 Å². The minimum absolute atomic E-state index is 0.269. The average molecular weight is 193 g/mol. The van der Waals surface area contributed by atoms with E-state index in [1.807, 2.05) is 45.0 Å². The highest BCUT2D eigenvalue weighted by Crippen LogP contribution is 2.31. The predicted octanol–water partition coefficient (Wildman–Crippen LogP) is 2.01. The van der Waals surface area contributed by atoms with E-state index in [9.17, 15) is 5.11 Å². The first kappa shape index (κ1) is 11.2. The Balaban J connectivity index is 2.89. The lowest BCUT2D eigenvalue weighted by Crippen LogP contribution is -2.30. The van der Waals surface area contributed by atoms with Gasteiger partial charge >= 0.3 is 0 Å². The lowest BCUT2D eigenvalue weighted by Gasteiger charge is -2.29. The van der Waals surface area contributed by atoms with Crippen LogP contribution < -0.4 is 5.73 Å². The fourth-order valence-corrected chi connectivity index (χ4v) is 1.31. The minimum Gasteiger partial charge on any atom is -0.388 e. The molecule has 2 heteroatoms. The Bertz CT molecular complexity index is 290. The molecule has 1 aromatic carbocycles. The van der Waals surface area contributed by atoms with E-state index in [0.29, 0.717) is 6.54 Å². The molecule has 78 valence electrons. The Morgan fingerprint density at radius 3 is 2.21 bits per heavy atom.